The van der Waals surface area contributed by atoms with Crippen molar-refractivity contribution in [3.8, 4) is 0 Å². The molecule has 1 amide bonds. The first kappa shape index (κ1) is 29.8. The molecule has 1 atom stereocenters. The van der Waals surface area contributed by atoms with E-state index in [1.807, 2.05) is 0 Å². The van der Waals surface area contributed by atoms with Crippen molar-refractivity contribution in [2.24, 2.45) is 5.73 Å². The quantitative estimate of drug-likeness (QED) is 0.407. The minimum absolute atomic E-state index is 0. The summed E-state index contributed by atoms with van der Waals surface area (Å²) in [6.45, 7) is -1.88. The van der Waals surface area contributed by atoms with Gasteiger partial charge in [-0.2, -0.15) is 0 Å². The van der Waals surface area contributed by atoms with Crippen LogP contribution in [-0.4, -0.2) is 47.8 Å². The van der Waals surface area contributed by atoms with Crippen molar-refractivity contribution in [2.75, 3.05) is 13.1 Å². The van der Waals surface area contributed by atoms with Gasteiger partial charge in [-0.1, -0.05) is 0 Å². The molecule has 0 aromatic carbocycles. The number of hydrogen-bond acceptors (Lipinski definition) is 8. The Bertz CT molecular complexity index is 351. The first-order valence-electron chi connectivity index (χ1n) is 4.87. The Hall–Kier alpha value is 0.840. The van der Waals surface area contributed by atoms with Gasteiger partial charge < -0.3 is 35.4 Å². The molecular weight excluding hydrogens is 317 g/mol. The van der Waals surface area contributed by atoms with E-state index in [-0.39, 0.29) is 102 Å². The van der Waals surface area contributed by atoms with Crippen LogP contribution in [-0.2, 0) is 19.2 Å². The van der Waals surface area contributed by atoms with Gasteiger partial charge in [0.15, 0.2) is 0 Å². The second-order valence-corrected chi connectivity index (χ2v) is 3.49. The predicted molar refractivity (Wildman–Crippen MR) is 48.8 cm³/mol. The summed E-state index contributed by atoms with van der Waals surface area (Å²) in [5.41, 5.74) is 4.82. The SMILES string of the molecule is NC(=O)CC[C@@H](C(=O)[O-])N(CC(=O)[O-])CC(=O)[O-].[Na+].[Na+].[Na+]. The van der Waals surface area contributed by atoms with Crippen molar-refractivity contribution in [3.63, 3.8) is 0 Å². The van der Waals surface area contributed by atoms with Crippen molar-refractivity contribution < 1.29 is 123 Å². The number of nitrogens with zero attached hydrogens (tertiary/aromatic N) is 1. The van der Waals surface area contributed by atoms with E-state index < -0.39 is 42.9 Å². The fourth-order valence-corrected chi connectivity index (χ4v) is 1.34. The number of aliphatic carboxylic acids is 3. The average Bonchev–Trinajstić information content (AvgIpc) is 2.14. The third-order valence-electron chi connectivity index (χ3n) is 2.04. The zero-order valence-corrected chi connectivity index (χ0v) is 18.3. The molecule has 0 bridgehead atoms. The smallest absolute Gasteiger partial charge is 0.549 e. The van der Waals surface area contributed by atoms with Gasteiger partial charge in [0.1, 0.15) is 0 Å². The molecule has 9 nitrogen and oxygen atoms in total. The van der Waals surface area contributed by atoms with Crippen LogP contribution >= 0.6 is 0 Å². The number of rotatable bonds is 9. The molecule has 0 aromatic rings. The van der Waals surface area contributed by atoms with Crippen LogP contribution in [0.2, 0.25) is 0 Å². The molecule has 0 unspecified atom stereocenters. The Morgan fingerprint density at radius 2 is 1.29 bits per heavy atom. The van der Waals surface area contributed by atoms with E-state index in [1.54, 1.807) is 0 Å². The summed E-state index contributed by atoms with van der Waals surface area (Å²) in [6, 6.07) is -1.58. The first-order valence-corrected chi connectivity index (χ1v) is 4.87. The van der Waals surface area contributed by atoms with Gasteiger partial charge in [-0.25, -0.2) is 0 Å². The summed E-state index contributed by atoms with van der Waals surface area (Å²) in [7, 11) is 0. The van der Waals surface area contributed by atoms with Crippen LogP contribution in [0, 0.1) is 0 Å². The second-order valence-electron chi connectivity index (χ2n) is 3.49. The number of primary amides is 1. The number of carbonyl (C=O) groups excluding carboxylic acids is 4. The van der Waals surface area contributed by atoms with Crippen LogP contribution in [0.3, 0.4) is 0 Å². The Labute approximate surface area is 187 Å². The van der Waals surface area contributed by atoms with Crippen LogP contribution in [0.25, 0.3) is 0 Å². The van der Waals surface area contributed by atoms with Crippen molar-refractivity contribution in [2.45, 2.75) is 18.9 Å². The molecule has 21 heavy (non-hydrogen) atoms. The van der Waals surface area contributed by atoms with Gasteiger partial charge in [-0.05, 0) is 6.42 Å². The molecule has 102 valence electrons. The van der Waals surface area contributed by atoms with Gasteiger partial charge in [0, 0.05) is 19.5 Å². The van der Waals surface area contributed by atoms with Crippen LogP contribution in [0.4, 0.5) is 0 Å². The summed E-state index contributed by atoms with van der Waals surface area (Å²) in [5.74, 6) is -5.84. The summed E-state index contributed by atoms with van der Waals surface area (Å²) in [6.07, 6.45) is -0.715. The van der Waals surface area contributed by atoms with E-state index in [4.69, 9.17) is 5.73 Å². The zero-order valence-electron chi connectivity index (χ0n) is 12.3. The molecule has 0 saturated heterocycles. The summed E-state index contributed by atoms with van der Waals surface area (Å²) >= 11 is 0. The summed E-state index contributed by atoms with van der Waals surface area (Å²) < 4.78 is 0. The second kappa shape index (κ2) is 15.7. The van der Waals surface area contributed by atoms with Crippen molar-refractivity contribution in [1.29, 1.82) is 0 Å². The molecule has 0 spiro atoms. The van der Waals surface area contributed by atoms with Crippen LogP contribution in [0.1, 0.15) is 12.8 Å². The standard InChI is InChI=1S/C9H14N2O7.3Na/c10-6(12)2-1-5(9(17)18)11(3-7(13)14)4-8(15)16;;;/h5H,1-4H2,(H2,10,12)(H,13,14)(H,15,16)(H,17,18);;;/q;3*+1/p-3/t5-;;;/m0.../s1. The maximum Gasteiger partial charge on any atom is 1.00 e. The largest absolute Gasteiger partial charge is 1.00 e. The molecule has 0 aromatic heterocycles. The fourth-order valence-electron chi connectivity index (χ4n) is 1.34. The van der Waals surface area contributed by atoms with E-state index in [2.05, 4.69) is 0 Å². The molecule has 0 radical (unpaired) electrons. The number of amides is 1. The number of nitrogens with two attached hydrogens (primary N) is 1. The van der Waals surface area contributed by atoms with Gasteiger partial charge in [-0.3, -0.25) is 9.69 Å². The Morgan fingerprint density at radius 1 is 0.905 bits per heavy atom. The Morgan fingerprint density at radius 3 is 1.52 bits per heavy atom. The molecule has 0 rings (SSSR count). The molecule has 2 N–H and O–H groups in total. The maximum atomic E-state index is 10.8. The van der Waals surface area contributed by atoms with E-state index in [0.717, 1.165) is 0 Å². The number of carboxylic acids is 3. The van der Waals surface area contributed by atoms with E-state index in [0.29, 0.717) is 4.90 Å². The van der Waals surface area contributed by atoms with Crippen molar-refractivity contribution in [3.05, 3.63) is 0 Å². The summed E-state index contributed by atoms with van der Waals surface area (Å²) in [4.78, 5) is 42.6. The van der Waals surface area contributed by atoms with Crippen molar-refractivity contribution in [1.82, 2.24) is 4.90 Å². The fraction of sp³-hybridized carbons (Fsp3) is 0.556. The Kier molecular flexibility index (Phi) is 22.3. The zero-order chi connectivity index (χ0) is 14.3. The van der Waals surface area contributed by atoms with Gasteiger partial charge >= 0.3 is 88.7 Å². The molecule has 12 heteroatoms. The Balaban J connectivity index is -0.000000482. The third-order valence-corrected chi connectivity index (χ3v) is 2.04. The molecule has 0 aliphatic rings. The number of hydrogen-bond donors (Lipinski definition) is 1. The topological polar surface area (TPSA) is 167 Å². The normalized spacial score (nSPS) is 10.3. The van der Waals surface area contributed by atoms with Crippen LogP contribution < -0.4 is 110 Å². The molecule has 0 aliphatic heterocycles. The predicted octanol–water partition coefficient (Wildman–Crippen LogP) is -14.8. The molecule has 0 fully saturated rings. The van der Waals surface area contributed by atoms with Gasteiger partial charge in [0.25, 0.3) is 0 Å². The summed E-state index contributed by atoms with van der Waals surface area (Å²) in [5, 5.41) is 31.6. The average molecular weight is 328 g/mol. The molecular formula is C9H11N2Na3O7. The molecule has 0 aliphatic carbocycles. The van der Waals surface area contributed by atoms with Crippen LogP contribution in [0.15, 0.2) is 0 Å². The number of carboxylic acid groups (broad SMARTS) is 3. The molecule has 0 heterocycles. The van der Waals surface area contributed by atoms with Crippen molar-refractivity contribution >= 4 is 23.8 Å². The first-order chi connectivity index (χ1) is 8.23. The van der Waals surface area contributed by atoms with E-state index >= 15 is 0 Å². The maximum absolute atomic E-state index is 10.8. The van der Waals surface area contributed by atoms with E-state index in [1.165, 1.54) is 0 Å². The van der Waals surface area contributed by atoms with Gasteiger partial charge in [-0.15, -0.1) is 0 Å². The van der Waals surface area contributed by atoms with Crippen LogP contribution in [0.5, 0.6) is 0 Å². The minimum atomic E-state index is -1.71. The van der Waals surface area contributed by atoms with Gasteiger partial charge in [0.2, 0.25) is 5.91 Å². The minimum Gasteiger partial charge on any atom is -0.549 e. The van der Waals surface area contributed by atoms with E-state index in [9.17, 15) is 34.5 Å². The number of carbonyl (C=O) groups is 4. The van der Waals surface area contributed by atoms with Gasteiger partial charge in [0.05, 0.1) is 23.9 Å². The monoisotopic (exact) mass is 328 g/mol. The third kappa shape index (κ3) is 15.5. The molecule has 0 saturated carbocycles.